The summed E-state index contributed by atoms with van der Waals surface area (Å²) in [5.74, 6) is -1.15. The van der Waals surface area contributed by atoms with Crippen LogP contribution in [0.2, 0.25) is 0 Å². The van der Waals surface area contributed by atoms with E-state index in [0.717, 1.165) is 6.42 Å². The van der Waals surface area contributed by atoms with Crippen LogP contribution < -0.4 is 10.0 Å². The van der Waals surface area contributed by atoms with Crippen molar-refractivity contribution >= 4 is 27.6 Å². The number of ether oxygens (including phenoxy) is 1. The third-order valence-corrected chi connectivity index (χ3v) is 5.41. The number of hydrogen-bond acceptors (Lipinski definition) is 5. The van der Waals surface area contributed by atoms with Crippen LogP contribution in [0.25, 0.3) is 0 Å². The van der Waals surface area contributed by atoms with E-state index >= 15 is 0 Å². The molecule has 0 aliphatic carbocycles. The molecule has 1 amide bonds. The monoisotopic (exact) mass is 390 g/mol. The molecule has 0 saturated carbocycles. The molecule has 1 atom stereocenters. The zero-order chi connectivity index (χ0) is 20.0. The highest BCUT2D eigenvalue weighted by Crippen LogP contribution is 2.23. The minimum absolute atomic E-state index is 0.0535. The van der Waals surface area contributed by atoms with Crippen molar-refractivity contribution in [2.45, 2.75) is 31.2 Å². The van der Waals surface area contributed by atoms with Crippen LogP contribution in [0.15, 0.2) is 53.4 Å². The molecule has 0 heterocycles. The van der Waals surface area contributed by atoms with E-state index in [1.54, 1.807) is 18.2 Å². The Morgan fingerprint density at radius 3 is 2.26 bits per heavy atom. The minimum Gasteiger partial charge on any atom is -0.465 e. The smallest absolute Gasteiger partial charge is 0.339 e. The number of sulfonamides is 1. The third-order valence-electron chi connectivity index (χ3n) is 3.99. The van der Waals surface area contributed by atoms with Gasteiger partial charge in [0.1, 0.15) is 4.90 Å². The predicted octanol–water partition coefficient (Wildman–Crippen LogP) is 2.80. The van der Waals surface area contributed by atoms with Gasteiger partial charge in [0.25, 0.3) is 15.9 Å². The van der Waals surface area contributed by atoms with Crippen LogP contribution in [0, 0.1) is 0 Å². The van der Waals surface area contributed by atoms with Crippen LogP contribution in [0.4, 0.5) is 5.69 Å². The zero-order valence-electron chi connectivity index (χ0n) is 15.4. The summed E-state index contributed by atoms with van der Waals surface area (Å²) in [6.45, 7) is 3.79. The van der Waals surface area contributed by atoms with Gasteiger partial charge < -0.3 is 10.1 Å². The van der Waals surface area contributed by atoms with Crippen molar-refractivity contribution in [2.24, 2.45) is 0 Å². The Kier molecular flexibility index (Phi) is 6.57. The summed E-state index contributed by atoms with van der Waals surface area (Å²) in [4.78, 5) is 24.1. The van der Waals surface area contributed by atoms with Gasteiger partial charge in [-0.05, 0) is 37.6 Å². The van der Waals surface area contributed by atoms with Crippen molar-refractivity contribution in [1.29, 1.82) is 0 Å². The Morgan fingerprint density at radius 1 is 1.04 bits per heavy atom. The highest BCUT2D eigenvalue weighted by atomic mass is 32.2. The summed E-state index contributed by atoms with van der Waals surface area (Å²) in [5, 5.41) is 2.80. The third kappa shape index (κ3) is 4.85. The largest absolute Gasteiger partial charge is 0.465 e. The second-order valence-electron chi connectivity index (χ2n) is 5.92. The first-order chi connectivity index (χ1) is 12.8. The Hall–Kier alpha value is -2.87. The van der Waals surface area contributed by atoms with E-state index < -0.39 is 16.0 Å². The number of esters is 1. The molecule has 27 heavy (non-hydrogen) atoms. The number of methoxy groups -OCH3 is 1. The van der Waals surface area contributed by atoms with Crippen LogP contribution in [-0.2, 0) is 14.8 Å². The molecule has 2 rings (SSSR count). The van der Waals surface area contributed by atoms with E-state index in [-0.39, 0.29) is 33.7 Å². The first kappa shape index (κ1) is 20.4. The number of anilines is 1. The number of para-hydroxylation sites is 1. The number of benzene rings is 2. The lowest BCUT2D eigenvalue weighted by atomic mass is 10.1. The number of amides is 1. The van der Waals surface area contributed by atoms with Crippen molar-refractivity contribution in [3.05, 3.63) is 59.7 Å². The number of rotatable bonds is 7. The van der Waals surface area contributed by atoms with Gasteiger partial charge in [0.15, 0.2) is 0 Å². The van der Waals surface area contributed by atoms with Crippen LogP contribution in [0.5, 0.6) is 0 Å². The fourth-order valence-electron chi connectivity index (χ4n) is 2.35. The quantitative estimate of drug-likeness (QED) is 0.708. The van der Waals surface area contributed by atoms with Crippen molar-refractivity contribution < 1.29 is 22.7 Å². The molecular formula is C19H22N2O5S. The molecule has 2 aromatic carbocycles. The molecule has 0 aromatic heterocycles. The normalized spacial score (nSPS) is 12.1. The summed E-state index contributed by atoms with van der Waals surface area (Å²) in [6, 6.07) is 11.9. The summed E-state index contributed by atoms with van der Waals surface area (Å²) in [5.41, 5.74) is 0.226. The molecule has 0 spiro atoms. The summed E-state index contributed by atoms with van der Waals surface area (Å²) >= 11 is 0. The molecule has 8 heteroatoms. The van der Waals surface area contributed by atoms with Crippen molar-refractivity contribution in [3.8, 4) is 0 Å². The molecule has 144 valence electrons. The maximum absolute atomic E-state index is 12.8. The number of carbonyl (C=O) groups excluding carboxylic acids is 2. The minimum atomic E-state index is -4.12. The SMILES string of the molecule is CC[C@@H](C)NC(=O)c1ccccc1NS(=O)(=O)c1ccccc1C(=O)OC. The van der Waals surface area contributed by atoms with Crippen LogP contribution in [-0.4, -0.2) is 33.4 Å². The van der Waals surface area contributed by atoms with Crippen molar-refractivity contribution in [2.75, 3.05) is 11.8 Å². The Morgan fingerprint density at radius 2 is 1.63 bits per heavy atom. The average molecular weight is 390 g/mol. The van der Waals surface area contributed by atoms with Crippen LogP contribution >= 0.6 is 0 Å². The van der Waals surface area contributed by atoms with Gasteiger partial charge in [0.05, 0.1) is 23.9 Å². The van der Waals surface area contributed by atoms with E-state index in [1.165, 1.54) is 37.4 Å². The Bertz CT molecular complexity index is 941. The molecule has 2 N–H and O–H groups in total. The number of hydrogen-bond donors (Lipinski definition) is 2. The van der Waals surface area contributed by atoms with Crippen molar-refractivity contribution in [3.63, 3.8) is 0 Å². The Balaban J connectivity index is 2.40. The molecule has 0 aliphatic heterocycles. The second kappa shape index (κ2) is 8.68. The Labute approximate surface area is 158 Å². The molecule has 0 radical (unpaired) electrons. The van der Waals surface area contributed by atoms with E-state index in [2.05, 4.69) is 14.8 Å². The molecule has 0 fully saturated rings. The molecular weight excluding hydrogens is 368 g/mol. The summed E-state index contributed by atoms with van der Waals surface area (Å²) in [7, 11) is -2.95. The van der Waals surface area contributed by atoms with Crippen LogP contribution in [0.1, 0.15) is 41.0 Å². The zero-order valence-corrected chi connectivity index (χ0v) is 16.2. The lowest BCUT2D eigenvalue weighted by Gasteiger charge is -2.16. The molecule has 0 bridgehead atoms. The maximum atomic E-state index is 12.8. The number of nitrogens with one attached hydrogen (secondary N) is 2. The van der Waals surface area contributed by atoms with E-state index in [4.69, 9.17) is 0 Å². The first-order valence-electron chi connectivity index (χ1n) is 8.40. The molecule has 0 saturated heterocycles. The standard InChI is InChI=1S/C19H22N2O5S/c1-4-13(2)20-18(22)14-9-5-7-11-16(14)21-27(24,25)17-12-8-6-10-15(17)19(23)26-3/h5-13,21H,4H2,1-3H3,(H,20,22)/t13-/m1/s1. The topological polar surface area (TPSA) is 102 Å². The fourth-order valence-corrected chi connectivity index (χ4v) is 3.63. The van der Waals surface area contributed by atoms with Gasteiger partial charge >= 0.3 is 5.97 Å². The first-order valence-corrected chi connectivity index (χ1v) is 9.88. The number of carbonyl (C=O) groups is 2. The van der Waals surface area contributed by atoms with Gasteiger partial charge in [-0.15, -0.1) is 0 Å². The van der Waals surface area contributed by atoms with E-state index in [0.29, 0.717) is 0 Å². The van der Waals surface area contributed by atoms with Gasteiger partial charge in [-0.3, -0.25) is 9.52 Å². The van der Waals surface area contributed by atoms with Gasteiger partial charge in [-0.2, -0.15) is 0 Å². The molecule has 0 unspecified atom stereocenters. The van der Waals surface area contributed by atoms with Gasteiger partial charge in [-0.25, -0.2) is 13.2 Å². The summed E-state index contributed by atoms with van der Waals surface area (Å²) < 4.78 is 32.7. The molecule has 2 aromatic rings. The van der Waals surface area contributed by atoms with Crippen LogP contribution in [0.3, 0.4) is 0 Å². The lowest BCUT2D eigenvalue weighted by molar-refractivity contribution is 0.0596. The lowest BCUT2D eigenvalue weighted by Crippen LogP contribution is -2.32. The van der Waals surface area contributed by atoms with Gasteiger partial charge in [0.2, 0.25) is 0 Å². The van der Waals surface area contributed by atoms with Crippen molar-refractivity contribution in [1.82, 2.24) is 5.32 Å². The van der Waals surface area contributed by atoms with E-state index in [1.807, 2.05) is 13.8 Å². The average Bonchev–Trinajstić information content (AvgIpc) is 2.67. The summed E-state index contributed by atoms with van der Waals surface area (Å²) in [6.07, 6.45) is 0.742. The predicted molar refractivity (Wildman–Crippen MR) is 102 cm³/mol. The molecule has 7 nitrogen and oxygen atoms in total. The van der Waals surface area contributed by atoms with Gasteiger partial charge in [-0.1, -0.05) is 31.2 Å². The highest BCUT2D eigenvalue weighted by molar-refractivity contribution is 7.92. The van der Waals surface area contributed by atoms with E-state index in [9.17, 15) is 18.0 Å². The maximum Gasteiger partial charge on any atom is 0.339 e. The van der Waals surface area contributed by atoms with Gasteiger partial charge in [0, 0.05) is 6.04 Å². The highest BCUT2D eigenvalue weighted by Gasteiger charge is 2.24. The second-order valence-corrected chi connectivity index (χ2v) is 7.57. The fraction of sp³-hybridized carbons (Fsp3) is 0.263. The molecule has 0 aliphatic rings.